The van der Waals surface area contributed by atoms with Crippen molar-refractivity contribution in [3.05, 3.63) is 96.1 Å². The van der Waals surface area contributed by atoms with Crippen molar-refractivity contribution in [3.63, 3.8) is 0 Å². The van der Waals surface area contributed by atoms with Crippen LogP contribution in [-0.4, -0.2) is 41.4 Å². The lowest BCUT2D eigenvalue weighted by molar-refractivity contribution is -0.138. The molecule has 2 unspecified atom stereocenters. The van der Waals surface area contributed by atoms with Crippen molar-refractivity contribution in [1.82, 2.24) is 15.5 Å². The second-order valence-electron chi connectivity index (χ2n) is 11.2. The Kier molecular flexibility index (Phi) is 9.33. The smallest absolute Gasteiger partial charge is 0.252 e. The summed E-state index contributed by atoms with van der Waals surface area (Å²) >= 11 is 0. The first-order valence-corrected chi connectivity index (χ1v) is 14.7. The van der Waals surface area contributed by atoms with Gasteiger partial charge in [0.1, 0.15) is 23.1 Å². The summed E-state index contributed by atoms with van der Waals surface area (Å²) in [6.07, 6.45) is 6.68. The Hall–Kier alpha value is -4.15. The van der Waals surface area contributed by atoms with Crippen molar-refractivity contribution >= 4 is 11.8 Å². The molecule has 3 aromatic carbocycles. The maximum Gasteiger partial charge on any atom is 0.252 e. The summed E-state index contributed by atoms with van der Waals surface area (Å²) in [5, 5.41) is 16.7. The highest BCUT2D eigenvalue weighted by atomic mass is 16.5. The van der Waals surface area contributed by atoms with Crippen molar-refractivity contribution in [2.45, 2.75) is 63.1 Å². The van der Waals surface area contributed by atoms with Gasteiger partial charge in [0.2, 0.25) is 5.91 Å². The van der Waals surface area contributed by atoms with Gasteiger partial charge in [-0.2, -0.15) is 5.26 Å². The summed E-state index contributed by atoms with van der Waals surface area (Å²) in [6.45, 7) is 1.39. The van der Waals surface area contributed by atoms with E-state index in [-0.39, 0.29) is 11.8 Å². The van der Waals surface area contributed by atoms with Gasteiger partial charge in [-0.25, -0.2) is 0 Å². The number of amides is 2. The standard InChI is InChI=1S/C34H38N4O3/c35-24-34(19-20-36-25-34)38(23-27-13-6-2-7-14-27)33(40)31(21-26-11-4-1-5-12-26)37-32(39)28-15-10-18-30(22-28)41-29-16-8-3-9-17-29/h2-3,6-10,13-18,22,26,31,36H,1,4-5,11-12,19-21,23,25H2,(H,37,39). The van der Waals surface area contributed by atoms with Crippen LogP contribution in [0.1, 0.15) is 60.9 Å². The Morgan fingerprint density at radius 3 is 2.37 bits per heavy atom. The van der Waals surface area contributed by atoms with Gasteiger partial charge in [0, 0.05) is 18.7 Å². The molecular formula is C34H38N4O3. The lowest BCUT2D eigenvalue weighted by atomic mass is 9.84. The molecule has 1 aliphatic carbocycles. The molecule has 1 saturated carbocycles. The summed E-state index contributed by atoms with van der Waals surface area (Å²) in [5.41, 5.74) is 0.411. The Labute approximate surface area is 242 Å². The van der Waals surface area contributed by atoms with Gasteiger partial charge in [-0.1, -0.05) is 86.7 Å². The average Bonchev–Trinajstić information content (AvgIpc) is 3.51. The number of para-hydroxylation sites is 1. The molecule has 1 saturated heterocycles. The molecule has 2 amide bonds. The van der Waals surface area contributed by atoms with E-state index in [1.807, 2.05) is 60.7 Å². The zero-order valence-corrected chi connectivity index (χ0v) is 23.4. The topological polar surface area (TPSA) is 94.5 Å². The van der Waals surface area contributed by atoms with E-state index < -0.39 is 11.6 Å². The molecule has 7 nitrogen and oxygen atoms in total. The molecule has 2 N–H and O–H groups in total. The van der Waals surface area contributed by atoms with Crippen molar-refractivity contribution in [2.75, 3.05) is 13.1 Å². The number of rotatable bonds is 10. The minimum atomic E-state index is -0.966. The molecule has 2 fully saturated rings. The number of nitriles is 1. The predicted octanol–water partition coefficient (Wildman–Crippen LogP) is 5.83. The van der Waals surface area contributed by atoms with Crippen molar-refractivity contribution in [3.8, 4) is 17.6 Å². The van der Waals surface area contributed by atoms with E-state index in [4.69, 9.17) is 4.74 Å². The highest BCUT2D eigenvalue weighted by Gasteiger charge is 2.45. The molecule has 3 aromatic rings. The zero-order valence-electron chi connectivity index (χ0n) is 23.4. The summed E-state index contributed by atoms with van der Waals surface area (Å²) in [4.78, 5) is 29.8. The van der Waals surface area contributed by atoms with Crippen LogP contribution in [0, 0.1) is 17.2 Å². The molecule has 5 rings (SSSR count). The van der Waals surface area contributed by atoms with Crippen LogP contribution in [0.4, 0.5) is 0 Å². The van der Waals surface area contributed by atoms with Gasteiger partial charge in [0.15, 0.2) is 0 Å². The van der Waals surface area contributed by atoms with E-state index in [2.05, 4.69) is 16.7 Å². The lowest BCUT2D eigenvalue weighted by Crippen LogP contribution is -2.58. The fourth-order valence-corrected chi connectivity index (χ4v) is 6.00. The van der Waals surface area contributed by atoms with Crippen molar-refractivity contribution < 1.29 is 14.3 Å². The Morgan fingerprint density at radius 2 is 1.68 bits per heavy atom. The lowest BCUT2D eigenvalue weighted by Gasteiger charge is -2.39. The zero-order chi connectivity index (χ0) is 28.5. The third-order valence-corrected chi connectivity index (χ3v) is 8.28. The molecule has 2 atom stereocenters. The van der Waals surface area contributed by atoms with Gasteiger partial charge >= 0.3 is 0 Å². The third kappa shape index (κ3) is 7.14. The number of nitrogens with zero attached hydrogens (tertiary/aromatic N) is 2. The summed E-state index contributed by atoms with van der Waals surface area (Å²) in [7, 11) is 0. The van der Waals surface area contributed by atoms with Crippen LogP contribution in [-0.2, 0) is 11.3 Å². The van der Waals surface area contributed by atoms with E-state index in [9.17, 15) is 14.9 Å². The van der Waals surface area contributed by atoms with Gasteiger partial charge in [-0.3, -0.25) is 9.59 Å². The van der Waals surface area contributed by atoms with Crippen LogP contribution in [0.25, 0.3) is 0 Å². The number of hydrogen-bond acceptors (Lipinski definition) is 5. The maximum absolute atomic E-state index is 14.5. The monoisotopic (exact) mass is 550 g/mol. The Bertz CT molecular complexity index is 1340. The van der Waals surface area contributed by atoms with E-state index in [0.717, 1.165) is 31.2 Å². The summed E-state index contributed by atoms with van der Waals surface area (Å²) in [5.74, 6) is 1.05. The van der Waals surface area contributed by atoms with Crippen molar-refractivity contribution in [1.29, 1.82) is 5.26 Å². The fraction of sp³-hybridized carbons (Fsp3) is 0.382. The number of carbonyl (C=O) groups is 2. The molecule has 41 heavy (non-hydrogen) atoms. The Morgan fingerprint density at radius 1 is 0.976 bits per heavy atom. The molecule has 0 bridgehead atoms. The first kappa shape index (κ1) is 28.4. The average molecular weight is 551 g/mol. The number of carbonyl (C=O) groups excluding carboxylic acids is 2. The predicted molar refractivity (Wildman–Crippen MR) is 158 cm³/mol. The van der Waals surface area contributed by atoms with Crippen LogP contribution >= 0.6 is 0 Å². The van der Waals surface area contributed by atoms with Crippen LogP contribution in [0.5, 0.6) is 11.5 Å². The molecule has 1 heterocycles. The molecule has 1 aliphatic heterocycles. The molecule has 212 valence electrons. The minimum Gasteiger partial charge on any atom is -0.457 e. The maximum atomic E-state index is 14.5. The highest BCUT2D eigenvalue weighted by molar-refractivity contribution is 5.98. The van der Waals surface area contributed by atoms with Gasteiger partial charge in [-0.15, -0.1) is 0 Å². The molecule has 0 spiro atoms. The second-order valence-corrected chi connectivity index (χ2v) is 11.2. The first-order chi connectivity index (χ1) is 20.1. The van der Waals surface area contributed by atoms with Gasteiger partial charge in [0.05, 0.1) is 6.07 Å². The molecule has 0 radical (unpaired) electrons. The summed E-state index contributed by atoms with van der Waals surface area (Å²) in [6, 6.07) is 27.9. The minimum absolute atomic E-state index is 0.199. The number of hydrogen-bond donors (Lipinski definition) is 2. The van der Waals surface area contributed by atoms with E-state index in [0.29, 0.717) is 55.5 Å². The normalized spacial score (nSPS) is 19.6. The van der Waals surface area contributed by atoms with Gasteiger partial charge in [0.25, 0.3) is 5.91 Å². The van der Waals surface area contributed by atoms with E-state index in [1.54, 1.807) is 29.2 Å². The van der Waals surface area contributed by atoms with Crippen LogP contribution in [0.15, 0.2) is 84.9 Å². The SMILES string of the molecule is N#CC1(N(Cc2ccccc2)C(=O)C(CC2CCCCC2)NC(=O)c2cccc(Oc3ccccc3)c2)CCNC1. The first-order valence-electron chi connectivity index (χ1n) is 14.7. The Balaban J connectivity index is 1.41. The van der Waals surface area contributed by atoms with Crippen LogP contribution < -0.4 is 15.4 Å². The molecule has 0 aromatic heterocycles. The number of benzene rings is 3. The van der Waals surface area contributed by atoms with E-state index >= 15 is 0 Å². The van der Waals surface area contributed by atoms with Crippen LogP contribution in [0.2, 0.25) is 0 Å². The quantitative estimate of drug-likeness (QED) is 0.331. The molecule has 7 heteroatoms. The van der Waals surface area contributed by atoms with E-state index in [1.165, 1.54) is 6.42 Å². The molecular weight excluding hydrogens is 512 g/mol. The van der Waals surface area contributed by atoms with Crippen molar-refractivity contribution in [2.24, 2.45) is 5.92 Å². The second kappa shape index (κ2) is 13.5. The summed E-state index contributed by atoms with van der Waals surface area (Å²) < 4.78 is 5.94. The molecule has 2 aliphatic rings. The van der Waals surface area contributed by atoms with Crippen LogP contribution in [0.3, 0.4) is 0 Å². The highest BCUT2D eigenvalue weighted by Crippen LogP contribution is 2.31. The largest absolute Gasteiger partial charge is 0.457 e. The van der Waals surface area contributed by atoms with Gasteiger partial charge in [-0.05, 0) is 61.2 Å². The van der Waals surface area contributed by atoms with Gasteiger partial charge < -0.3 is 20.3 Å². The number of ether oxygens (including phenoxy) is 1. The third-order valence-electron chi connectivity index (χ3n) is 8.28. The number of nitrogens with one attached hydrogen (secondary N) is 2. The fourth-order valence-electron chi connectivity index (χ4n) is 6.00.